The van der Waals surface area contributed by atoms with Crippen LogP contribution >= 0.6 is 0 Å². The molecule has 0 aliphatic rings. The highest BCUT2D eigenvalue weighted by molar-refractivity contribution is 5.20. The van der Waals surface area contributed by atoms with Crippen molar-refractivity contribution in [1.29, 1.82) is 0 Å². The van der Waals surface area contributed by atoms with Crippen LogP contribution in [0.4, 0.5) is 8.78 Å². The Labute approximate surface area is 129 Å². The Morgan fingerprint density at radius 3 is 2.73 bits per heavy atom. The predicted molar refractivity (Wildman–Crippen MR) is 79.2 cm³/mol. The second kappa shape index (κ2) is 7.45. The summed E-state index contributed by atoms with van der Waals surface area (Å²) >= 11 is 0. The van der Waals surface area contributed by atoms with Crippen LogP contribution in [-0.2, 0) is 13.0 Å². The van der Waals surface area contributed by atoms with E-state index >= 15 is 0 Å². The van der Waals surface area contributed by atoms with Gasteiger partial charge in [-0.25, -0.2) is 8.78 Å². The van der Waals surface area contributed by atoms with Crippen molar-refractivity contribution in [2.45, 2.75) is 45.7 Å². The molecule has 0 radical (unpaired) electrons. The number of nitrogens with zero attached hydrogens (tertiary/aromatic N) is 3. The summed E-state index contributed by atoms with van der Waals surface area (Å²) in [4.78, 5) is 6.29. The first kappa shape index (κ1) is 16.5. The molecule has 0 amide bonds. The van der Waals surface area contributed by atoms with Gasteiger partial charge in [-0.15, -0.1) is 0 Å². The molecule has 6 heteroatoms. The summed E-state index contributed by atoms with van der Waals surface area (Å²) in [5, 5.41) is 3.94. The lowest BCUT2D eigenvalue weighted by atomic mass is 10.1. The lowest BCUT2D eigenvalue weighted by Crippen LogP contribution is -2.22. The van der Waals surface area contributed by atoms with E-state index in [-0.39, 0.29) is 6.04 Å². The standard InChI is InChI=1S/C16H21F2N3O/c1-4-5-6-15-19-16(22-20-15)10-21(3)11(2)12-7-8-13(17)14(18)9-12/h7-9,11H,4-6,10H2,1-3H3. The van der Waals surface area contributed by atoms with Crippen LogP contribution in [0.15, 0.2) is 22.7 Å². The lowest BCUT2D eigenvalue weighted by molar-refractivity contribution is 0.216. The van der Waals surface area contributed by atoms with E-state index in [0.29, 0.717) is 23.8 Å². The summed E-state index contributed by atoms with van der Waals surface area (Å²) in [5.41, 5.74) is 0.701. The second-order valence-corrected chi connectivity index (χ2v) is 5.47. The van der Waals surface area contributed by atoms with E-state index in [1.54, 1.807) is 6.07 Å². The van der Waals surface area contributed by atoms with Gasteiger partial charge in [0.05, 0.1) is 6.54 Å². The molecule has 0 spiro atoms. The lowest BCUT2D eigenvalue weighted by Gasteiger charge is -2.23. The molecule has 1 aromatic carbocycles. The summed E-state index contributed by atoms with van der Waals surface area (Å²) in [7, 11) is 1.88. The molecule has 1 heterocycles. The van der Waals surface area contributed by atoms with Crippen LogP contribution in [-0.4, -0.2) is 22.1 Å². The van der Waals surface area contributed by atoms with Crippen molar-refractivity contribution in [2.24, 2.45) is 0 Å². The van der Waals surface area contributed by atoms with E-state index < -0.39 is 11.6 Å². The number of halogens is 2. The number of benzene rings is 1. The zero-order chi connectivity index (χ0) is 16.1. The normalized spacial score (nSPS) is 12.8. The van der Waals surface area contributed by atoms with E-state index in [1.807, 2.05) is 18.9 Å². The first-order valence-electron chi connectivity index (χ1n) is 7.48. The van der Waals surface area contributed by atoms with Crippen LogP contribution in [0, 0.1) is 11.6 Å². The fourth-order valence-corrected chi connectivity index (χ4v) is 2.17. The van der Waals surface area contributed by atoms with Crippen molar-refractivity contribution in [3.63, 3.8) is 0 Å². The topological polar surface area (TPSA) is 42.2 Å². The maximum atomic E-state index is 13.3. The molecule has 4 nitrogen and oxygen atoms in total. The highest BCUT2D eigenvalue weighted by atomic mass is 19.2. The monoisotopic (exact) mass is 309 g/mol. The van der Waals surface area contributed by atoms with Gasteiger partial charge in [0.1, 0.15) is 0 Å². The van der Waals surface area contributed by atoms with Gasteiger partial charge in [0.25, 0.3) is 0 Å². The van der Waals surface area contributed by atoms with Crippen molar-refractivity contribution in [3.8, 4) is 0 Å². The van der Waals surface area contributed by atoms with Crippen LogP contribution in [0.5, 0.6) is 0 Å². The van der Waals surface area contributed by atoms with Crippen LogP contribution in [0.25, 0.3) is 0 Å². The molecule has 0 bridgehead atoms. The van der Waals surface area contributed by atoms with Crippen LogP contribution in [0.2, 0.25) is 0 Å². The molecule has 0 aliphatic heterocycles. The quantitative estimate of drug-likeness (QED) is 0.778. The first-order valence-corrected chi connectivity index (χ1v) is 7.48. The summed E-state index contributed by atoms with van der Waals surface area (Å²) in [6.45, 7) is 4.48. The van der Waals surface area contributed by atoms with Gasteiger partial charge < -0.3 is 4.52 Å². The molecule has 0 saturated heterocycles. The van der Waals surface area contributed by atoms with Gasteiger partial charge in [0.15, 0.2) is 17.5 Å². The van der Waals surface area contributed by atoms with E-state index in [9.17, 15) is 8.78 Å². The molecular weight excluding hydrogens is 288 g/mol. The van der Waals surface area contributed by atoms with Gasteiger partial charge in [0.2, 0.25) is 5.89 Å². The Kier molecular flexibility index (Phi) is 5.60. The molecule has 0 aliphatic carbocycles. The molecule has 1 unspecified atom stereocenters. The number of rotatable bonds is 7. The zero-order valence-electron chi connectivity index (χ0n) is 13.1. The minimum absolute atomic E-state index is 0.0962. The Bertz CT molecular complexity index is 615. The minimum Gasteiger partial charge on any atom is -0.338 e. The molecule has 1 atom stereocenters. The third-order valence-corrected chi connectivity index (χ3v) is 3.74. The fourth-order valence-electron chi connectivity index (χ4n) is 2.17. The molecule has 22 heavy (non-hydrogen) atoms. The zero-order valence-corrected chi connectivity index (χ0v) is 13.1. The van der Waals surface area contributed by atoms with Crippen LogP contribution in [0.1, 0.15) is 50.0 Å². The van der Waals surface area contributed by atoms with Gasteiger partial charge >= 0.3 is 0 Å². The van der Waals surface area contributed by atoms with Gasteiger partial charge in [-0.2, -0.15) is 4.98 Å². The average Bonchev–Trinajstić information content (AvgIpc) is 2.94. The van der Waals surface area contributed by atoms with E-state index in [0.717, 1.165) is 25.3 Å². The van der Waals surface area contributed by atoms with Crippen molar-refractivity contribution in [2.75, 3.05) is 7.05 Å². The number of unbranched alkanes of at least 4 members (excludes halogenated alkanes) is 1. The summed E-state index contributed by atoms with van der Waals surface area (Å²) in [5.74, 6) is -0.428. The Hall–Kier alpha value is -1.82. The maximum absolute atomic E-state index is 13.3. The predicted octanol–water partition coefficient (Wildman–Crippen LogP) is 3.88. The molecule has 1 aromatic heterocycles. The number of aromatic nitrogens is 2. The molecule has 2 rings (SSSR count). The summed E-state index contributed by atoms with van der Waals surface area (Å²) in [6.07, 6.45) is 2.92. The minimum atomic E-state index is -0.837. The molecule has 120 valence electrons. The molecule has 0 N–H and O–H groups in total. The van der Waals surface area contributed by atoms with Crippen LogP contribution < -0.4 is 0 Å². The highest BCUT2D eigenvalue weighted by Gasteiger charge is 2.17. The second-order valence-electron chi connectivity index (χ2n) is 5.47. The highest BCUT2D eigenvalue weighted by Crippen LogP contribution is 2.22. The molecule has 0 fully saturated rings. The SMILES string of the molecule is CCCCc1noc(CN(C)C(C)c2ccc(F)c(F)c2)n1. The molecular formula is C16H21F2N3O. The van der Waals surface area contributed by atoms with Crippen molar-refractivity contribution < 1.29 is 13.3 Å². The molecule has 0 saturated carbocycles. The largest absolute Gasteiger partial charge is 0.338 e. The fraction of sp³-hybridized carbons (Fsp3) is 0.500. The smallest absolute Gasteiger partial charge is 0.240 e. The van der Waals surface area contributed by atoms with E-state index in [4.69, 9.17) is 4.52 Å². The Balaban J connectivity index is 1.99. The van der Waals surface area contributed by atoms with E-state index in [2.05, 4.69) is 17.1 Å². The van der Waals surface area contributed by atoms with Gasteiger partial charge in [-0.3, -0.25) is 4.90 Å². The van der Waals surface area contributed by atoms with Gasteiger partial charge in [-0.1, -0.05) is 24.6 Å². The van der Waals surface area contributed by atoms with Gasteiger partial charge in [0, 0.05) is 12.5 Å². The summed E-state index contributed by atoms with van der Waals surface area (Å²) < 4.78 is 31.5. The third kappa shape index (κ3) is 4.10. The average molecular weight is 309 g/mol. The van der Waals surface area contributed by atoms with Gasteiger partial charge in [-0.05, 0) is 38.1 Å². The number of aryl methyl sites for hydroxylation is 1. The van der Waals surface area contributed by atoms with Crippen LogP contribution in [0.3, 0.4) is 0 Å². The van der Waals surface area contributed by atoms with Crippen molar-refractivity contribution in [1.82, 2.24) is 15.0 Å². The van der Waals surface area contributed by atoms with E-state index in [1.165, 1.54) is 6.07 Å². The Morgan fingerprint density at radius 2 is 2.05 bits per heavy atom. The van der Waals surface area contributed by atoms with Crippen molar-refractivity contribution >= 4 is 0 Å². The Morgan fingerprint density at radius 1 is 1.27 bits per heavy atom. The van der Waals surface area contributed by atoms with Crippen molar-refractivity contribution in [3.05, 3.63) is 47.1 Å². The first-order chi connectivity index (χ1) is 10.5. The molecule has 2 aromatic rings. The number of hydrogen-bond acceptors (Lipinski definition) is 4. The third-order valence-electron chi connectivity index (χ3n) is 3.74. The summed E-state index contributed by atoms with van der Waals surface area (Å²) in [6, 6.07) is 3.85. The maximum Gasteiger partial charge on any atom is 0.240 e. The number of hydrogen-bond donors (Lipinski definition) is 0.